The summed E-state index contributed by atoms with van der Waals surface area (Å²) in [6.45, 7) is 2.16. The highest BCUT2D eigenvalue weighted by atomic mass is 16.4. The van der Waals surface area contributed by atoms with Crippen LogP contribution >= 0.6 is 0 Å². The van der Waals surface area contributed by atoms with E-state index in [-0.39, 0.29) is 24.3 Å². The highest BCUT2D eigenvalue weighted by Crippen LogP contribution is 2.26. The summed E-state index contributed by atoms with van der Waals surface area (Å²) >= 11 is 0. The lowest BCUT2D eigenvalue weighted by atomic mass is 10.1. The van der Waals surface area contributed by atoms with Crippen LogP contribution in [0.3, 0.4) is 0 Å². The van der Waals surface area contributed by atoms with Crippen molar-refractivity contribution in [3.63, 3.8) is 0 Å². The fourth-order valence-corrected chi connectivity index (χ4v) is 2.35. The number of aliphatic carboxylic acids is 1. The molecular weight excluding hydrogens is 300 g/mol. The summed E-state index contributed by atoms with van der Waals surface area (Å²) in [6, 6.07) is 6.53. The van der Waals surface area contributed by atoms with Gasteiger partial charge in [0.1, 0.15) is 11.3 Å². The number of pyridine rings is 1. The molecule has 0 unspecified atom stereocenters. The molecule has 0 saturated heterocycles. The number of para-hydroxylation sites is 1. The van der Waals surface area contributed by atoms with Gasteiger partial charge < -0.3 is 20.1 Å². The number of aromatic hydroxyl groups is 1. The standard InChI is InChI=1S/C16H18N2O5/c1-2-8-17-15(22)13-14(21)10-5-3-4-6-11(10)18(16(13)23)9-7-12(19)20/h3-6,21H,2,7-9H2,1H3,(H,17,22)(H,19,20). The van der Waals surface area contributed by atoms with Crippen LogP contribution in [0.4, 0.5) is 0 Å². The Morgan fingerprint density at radius 2 is 1.96 bits per heavy atom. The molecule has 0 saturated carbocycles. The number of hydrogen-bond acceptors (Lipinski definition) is 4. The average Bonchev–Trinajstić information content (AvgIpc) is 2.52. The van der Waals surface area contributed by atoms with Crippen molar-refractivity contribution in [1.82, 2.24) is 9.88 Å². The van der Waals surface area contributed by atoms with Crippen LogP contribution in [0.25, 0.3) is 10.9 Å². The smallest absolute Gasteiger partial charge is 0.305 e. The van der Waals surface area contributed by atoms with E-state index < -0.39 is 17.4 Å². The molecule has 0 fully saturated rings. The van der Waals surface area contributed by atoms with E-state index in [2.05, 4.69) is 5.32 Å². The van der Waals surface area contributed by atoms with Crippen LogP contribution in [-0.4, -0.2) is 33.2 Å². The summed E-state index contributed by atoms with van der Waals surface area (Å²) < 4.78 is 1.21. The quantitative estimate of drug-likeness (QED) is 0.744. The summed E-state index contributed by atoms with van der Waals surface area (Å²) in [5.74, 6) is -2.10. The molecule has 0 aliphatic rings. The molecular formula is C16H18N2O5. The minimum atomic E-state index is -1.05. The molecule has 0 atom stereocenters. The van der Waals surface area contributed by atoms with Gasteiger partial charge in [-0.3, -0.25) is 14.4 Å². The molecule has 0 aliphatic carbocycles. The molecule has 0 spiro atoms. The number of carbonyl (C=O) groups is 2. The summed E-state index contributed by atoms with van der Waals surface area (Å²) in [5.41, 5.74) is -0.665. The number of hydrogen-bond donors (Lipinski definition) is 3. The predicted octanol–water partition coefficient (Wildman–Crippen LogP) is 1.32. The van der Waals surface area contributed by atoms with Gasteiger partial charge in [0.2, 0.25) is 0 Å². The first-order valence-electron chi connectivity index (χ1n) is 7.31. The molecule has 23 heavy (non-hydrogen) atoms. The number of carboxylic acid groups (broad SMARTS) is 1. The number of fused-ring (bicyclic) bond motifs is 1. The maximum atomic E-state index is 12.6. The van der Waals surface area contributed by atoms with Crippen molar-refractivity contribution >= 4 is 22.8 Å². The monoisotopic (exact) mass is 318 g/mol. The van der Waals surface area contributed by atoms with Gasteiger partial charge in [0.25, 0.3) is 11.5 Å². The predicted molar refractivity (Wildman–Crippen MR) is 84.7 cm³/mol. The molecule has 0 aliphatic heterocycles. The zero-order chi connectivity index (χ0) is 17.0. The number of carbonyl (C=O) groups excluding carboxylic acids is 1. The number of nitrogens with one attached hydrogen (secondary N) is 1. The number of benzene rings is 1. The molecule has 1 aromatic carbocycles. The Balaban J connectivity index is 2.65. The van der Waals surface area contributed by atoms with Crippen molar-refractivity contribution in [1.29, 1.82) is 0 Å². The van der Waals surface area contributed by atoms with Crippen LogP contribution < -0.4 is 10.9 Å². The van der Waals surface area contributed by atoms with Crippen molar-refractivity contribution in [3.05, 3.63) is 40.2 Å². The van der Waals surface area contributed by atoms with Crippen LogP contribution in [0, 0.1) is 0 Å². The summed E-state index contributed by atoms with van der Waals surface area (Å²) in [5, 5.41) is 22.0. The van der Waals surface area contributed by atoms with Gasteiger partial charge >= 0.3 is 5.97 Å². The first-order valence-corrected chi connectivity index (χ1v) is 7.31. The van der Waals surface area contributed by atoms with Crippen molar-refractivity contribution < 1.29 is 19.8 Å². The molecule has 0 radical (unpaired) electrons. The van der Waals surface area contributed by atoms with Crippen LogP contribution in [-0.2, 0) is 11.3 Å². The number of rotatable bonds is 6. The van der Waals surface area contributed by atoms with Crippen LogP contribution in [0.1, 0.15) is 30.1 Å². The Hall–Kier alpha value is -2.83. The molecule has 122 valence electrons. The number of aromatic nitrogens is 1. The lowest BCUT2D eigenvalue weighted by Crippen LogP contribution is -2.34. The van der Waals surface area contributed by atoms with Gasteiger partial charge in [-0.15, -0.1) is 0 Å². The second-order valence-corrected chi connectivity index (χ2v) is 5.10. The van der Waals surface area contributed by atoms with Gasteiger partial charge in [-0.1, -0.05) is 19.1 Å². The van der Waals surface area contributed by atoms with E-state index in [0.717, 1.165) is 0 Å². The van der Waals surface area contributed by atoms with E-state index in [4.69, 9.17) is 5.11 Å². The van der Waals surface area contributed by atoms with Crippen LogP contribution in [0.15, 0.2) is 29.1 Å². The summed E-state index contributed by atoms with van der Waals surface area (Å²) in [6.07, 6.45) is 0.429. The molecule has 1 amide bonds. The molecule has 3 N–H and O–H groups in total. The third-order valence-electron chi connectivity index (χ3n) is 3.46. The second kappa shape index (κ2) is 6.95. The van der Waals surface area contributed by atoms with Crippen molar-refractivity contribution in [2.75, 3.05) is 6.54 Å². The number of carboxylic acids is 1. The molecule has 2 aromatic rings. The number of amides is 1. The minimum Gasteiger partial charge on any atom is -0.506 e. The van der Waals surface area contributed by atoms with Gasteiger partial charge in [-0.25, -0.2) is 0 Å². The maximum absolute atomic E-state index is 12.6. The van der Waals surface area contributed by atoms with E-state index in [1.165, 1.54) is 4.57 Å². The third kappa shape index (κ3) is 3.33. The lowest BCUT2D eigenvalue weighted by Gasteiger charge is -2.14. The summed E-state index contributed by atoms with van der Waals surface area (Å²) in [4.78, 5) is 35.6. The van der Waals surface area contributed by atoms with E-state index in [1.54, 1.807) is 24.3 Å². The zero-order valence-electron chi connectivity index (χ0n) is 12.7. The van der Waals surface area contributed by atoms with E-state index >= 15 is 0 Å². The van der Waals surface area contributed by atoms with Gasteiger partial charge in [0, 0.05) is 18.5 Å². The van der Waals surface area contributed by atoms with Crippen molar-refractivity contribution in [2.24, 2.45) is 0 Å². The Morgan fingerprint density at radius 3 is 2.61 bits per heavy atom. The molecule has 2 rings (SSSR count). The normalized spacial score (nSPS) is 10.7. The second-order valence-electron chi connectivity index (χ2n) is 5.10. The Morgan fingerprint density at radius 1 is 1.26 bits per heavy atom. The first kappa shape index (κ1) is 16.5. The molecule has 7 heteroatoms. The van der Waals surface area contributed by atoms with Crippen LogP contribution in [0.2, 0.25) is 0 Å². The van der Waals surface area contributed by atoms with E-state index in [0.29, 0.717) is 23.9 Å². The fourth-order valence-electron chi connectivity index (χ4n) is 2.35. The first-order chi connectivity index (χ1) is 11.0. The third-order valence-corrected chi connectivity index (χ3v) is 3.46. The zero-order valence-corrected chi connectivity index (χ0v) is 12.7. The van der Waals surface area contributed by atoms with Gasteiger partial charge in [0.15, 0.2) is 0 Å². The molecule has 0 bridgehead atoms. The lowest BCUT2D eigenvalue weighted by molar-refractivity contribution is -0.137. The van der Waals surface area contributed by atoms with E-state index in [9.17, 15) is 19.5 Å². The molecule has 1 heterocycles. The SMILES string of the molecule is CCCNC(=O)c1c(O)c2ccccc2n(CCC(=O)O)c1=O. The summed E-state index contributed by atoms with van der Waals surface area (Å²) in [7, 11) is 0. The number of nitrogens with zero attached hydrogens (tertiary/aromatic N) is 1. The van der Waals surface area contributed by atoms with Crippen molar-refractivity contribution in [3.8, 4) is 5.75 Å². The van der Waals surface area contributed by atoms with Gasteiger partial charge in [-0.2, -0.15) is 0 Å². The van der Waals surface area contributed by atoms with E-state index in [1.807, 2.05) is 6.92 Å². The Kier molecular flexibility index (Phi) is 5.00. The molecule has 7 nitrogen and oxygen atoms in total. The number of aryl methyl sites for hydroxylation is 1. The Bertz CT molecular complexity index is 810. The highest BCUT2D eigenvalue weighted by Gasteiger charge is 2.21. The highest BCUT2D eigenvalue weighted by molar-refractivity contribution is 6.02. The topological polar surface area (TPSA) is 109 Å². The average molecular weight is 318 g/mol. The van der Waals surface area contributed by atoms with Crippen molar-refractivity contribution in [2.45, 2.75) is 26.3 Å². The van der Waals surface area contributed by atoms with Crippen LogP contribution in [0.5, 0.6) is 5.75 Å². The minimum absolute atomic E-state index is 0.0803. The largest absolute Gasteiger partial charge is 0.506 e. The van der Waals surface area contributed by atoms with Gasteiger partial charge in [0.05, 0.1) is 11.9 Å². The van der Waals surface area contributed by atoms with Gasteiger partial charge in [-0.05, 0) is 18.6 Å². The molecule has 1 aromatic heterocycles. The fraction of sp³-hybridized carbons (Fsp3) is 0.312. The maximum Gasteiger partial charge on any atom is 0.305 e. The Labute approximate surface area is 132 Å².